The zero-order chi connectivity index (χ0) is 25.5. The van der Waals surface area contributed by atoms with Gasteiger partial charge in [-0.05, 0) is 47.1 Å². The van der Waals surface area contributed by atoms with Crippen molar-refractivity contribution in [2.24, 2.45) is 11.8 Å². The topological polar surface area (TPSA) is 78.8 Å². The summed E-state index contributed by atoms with van der Waals surface area (Å²) in [7, 11) is 0. The van der Waals surface area contributed by atoms with Crippen LogP contribution in [-0.4, -0.2) is 34.9 Å². The summed E-state index contributed by atoms with van der Waals surface area (Å²) in [6.45, 7) is 4.81. The molecule has 190 valence electrons. The molecule has 4 atom stereocenters. The van der Waals surface area contributed by atoms with Gasteiger partial charge in [0, 0.05) is 18.8 Å². The minimum atomic E-state index is -0.714. The molecule has 0 heterocycles. The number of ether oxygens (including phenoxy) is 1. The second-order valence-electron chi connectivity index (χ2n) is 10.2. The lowest BCUT2D eigenvalue weighted by Gasteiger charge is -2.25. The van der Waals surface area contributed by atoms with E-state index in [2.05, 4.69) is 19.2 Å². The number of benzene rings is 3. The number of carbonyl (C=O) groups is 1. The van der Waals surface area contributed by atoms with Crippen LogP contribution in [0.4, 0.5) is 0 Å². The number of aliphatic hydroxyl groups is 2. The third kappa shape index (κ3) is 6.74. The first-order valence-electron chi connectivity index (χ1n) is 12.9. The minimum absolute atomic E-state index is 0.150. The Balaban J connectivity index is 1.48. The van der Waals surface area contributed by atoms with E-state index in [0.29, 0.717) is 38.2 Å². The van der Waals surface area contributed by atoms with Gasteiger partial charge in [-0.25, -0.2) is 0 Å². The highest BCUT2D eigenvalue weighted by atomic mass is 16.5. The molecule has 1 amide bonds. The fourth-order valence-electron chi connectivity index (χ4n) is 4.94. The summed E-state index contributed by atoms with van der Waals surface area (Å²) in [5.41, 5.74) is 4.00. The van der Waals surface area contributed by atoms with Gasteiger partial charge in [-0.1, -0.05) is 86.6 Å². The summed E-state index contributed by atoms with van der Waals surface area (Å²) in [5, 5.41) is 24.8. The lowest BCUT2D eigenvalue weighted by Crippen LogP contribution is -2.39. The molecule has 3 aromatic carbocycles. The summed E-state index contributed by atoms with van der Waals surface area (Å²) in [4.78, 5) is 13.5. The van der Waals surface area contributed by atoms with Crippen LogP contribution >= 0.6 is 0 Å². The van der Waals surface area contributed by atoms with Gasteiger partial charge in [-0.3, -0.25) is 4.79 Å². The average molecular weight is 488 g/mol. The van der Waals surface area contributed by atoms with Gasteiger partial charge in [0.2, 0.25) is 5.91 Å². The van der Waals surface area contributed by atoms with Gasteiger partial charge in [-0.15, -0.1) is 0 Å². The van der Waals surface area contributed by atoms with Gasteiger partial charge in [-0.2, -0.15) is 0 Å². The maximum Gasteiger partial charge on any atom is 0.224 e. The fourth-order valence-corrected chi connectivity index (χ4v) is 4.94. The first-order valence-corrected chi connectivity index (χ1v) is 12.9. The Hall–Kier alpha value is -3.15. The summed E-state index contributed by atoms with van der Waals surface area (Å²) in [6.07, 6.45) is 0.387. The number of amides is 1. The number of fused-ring (bicyclic) bond motifs is 1. The molecule has 3 N–H and O–H groups in total. The third-order valence-electron chi connectivity index (χ3n) is 6.75. The van der Waals surface area contributed by atoms with E-state index < -0.39 is 24.2 Å². The van der Waals surface area contributed by atoms with E-state index in [1.54, 1.807) is 0 Å². The van der Waals surface area contributed by atoms with E-state index in [0.717, 1.165) is 28.0 Å². The maximum atomic E-state index is 13.5. The highest BCUT2D eigenvalue weighted by Gasteiger charge is 2.34. The van der Waals surface area contributed by atoms with Crippen molar-refractivity contribution in [3.05, 3.63) is 101 Å². The third-order valence-corrected chi connectivity index (χ3v) is 6.75. The van der Waals surface area contributed by atoms with Crippen LogP contribution in [0, 0.1) is 11.8 Å². The standard InChI is InChI=1S/C31H37NO4/c1-21(2)20-36-29-15-9-7-13-24(29)17-26(33)18-25(16-22-10-4-3-5-11-22)31(35)32-30-27-14-8-6-12-23(27)19-28(30)34/h3-15,21,25-26,28,30,33-34H,16-20H2,1-2H3,(H,32,35)/t25-,26+,28+,30-/m0/s1. The van der Waals surface area contributed by atoms with Crippen LogP contribution in [0.1, 0.15) is 48.6 Å². The van der Waals surface area contributed by atoms with Crippen molar-refractivity contribution in [3.8, 4) is 5.75 Å². The molecule has 5 nitrogen and oxygen atoms in total. The molecule has 0 radical (unpaired) electrons. The van der Waals surface area contributed by atoms with Crippen molar-refractivity contribution in [1.29, 1.82) is 0 Å². The van der Waals surface area contributed by atoms with Crippen molar-refractivity contribution in [1.82, 2.24) is 5.32 Å². The van der Waals surface area contributed by atoms with Gasteiger partial charge in [0.25, 0.3) is 0 Å². The molecular formula is C31H37NO4. The van der Waals surface area contributed by atoms with Gasteiger partial charge < -0.3 is 20.3 Å². The van der Waals surface area contributed by atoms with Crippen molar-refractivity contribution in [2.45, 2.75) is 57.8 Å². The van der Waals surface area contributed by atoms with E-state index >= 15 is 0 Å². The molecule has 5 heteroatoms. The molecule has 0 aromatic heterocycles. The van der Waals surface area contributed by atoms with Crippen LogP contribution < -0.4 is 10.1 Å². The van der Waals surface area contributed by atoms with Crippen LogP contribution in [0.5, 0.6) is 5.75 Å². The van der Waals surface area contributed by atoms with E-state index in [1.807, 2.05) is 78.9 Å². The Morgan fingerprint density at radius 3 is 2.44 bits per heavy atom. The van der Waals surface area contributed by atoms with Gasteiger partial charge in [0.1, 0.15) is 5.75 Å². The van der Waals surface area contributed by atoms with Crippen LogP contribution in [0.2, 0.25) is 0 Å². The molecule has 0 saturated heterocycles. The highest BCUT2D eigenvalue weighted by molar-refractivity contribution is 5.80. The molecule has 1 aliphatic rings. The van der Waals surface area contributed by atoms with Gasteiger partial charge >= 0.3 is 0 Å². The Morgan fingerprint density at radius 2 is 1.67 bits per heavy atom. The summed E-state index contributed by atoms with van der Waals surface area (Å²) < 4.78 is 5.96. The highest BCUT2D eigenvalue weighted by Crippen LogP contribution is 2.32. The fraction of sp³-hybridized carbons (Fsp3) is 0.387. The molecule has 3 aromatic rings. The van der Waals surface area contributed by atoms with Crippen molar-refractivity contribution < 1.29 is 19.7 Å². The van der Waals surface area contributed by atoms with Crippen LogP contribution in [0.25, 0.3) is 0 Å². The molecule has 0 unspecified atom stereocenters. The average Bonchev–Trinajstić information content (AvgIpc) is 3.18. The molecule has 0 bridgehead atoms. The van der Waals surface area contributed by atoms with E-state index in [4.69, 9.17) is 4.74 Å². The quantitative estimate of drug-likeness (QED) is 0.368. The van der Waals surface area contributed by atoms with E-state index in [-0.39, 0.29) is 5.91 Å². The van der Waals surface area contributed by atoms with Gasteiger partial charge in [0.15, 0.2) is 0 Å². The molecular weight excluding hydrogens is 450 g/mol. The van der Waals surface area contributed by atoms with Crippen LogP contribution in [0.15, 0.2) is 78.9 Å². The summed E-state index contributed by atoms with van der Waals surface area (Å²) in [6, 6.07) is 25.0. The van der Waals surface area contributed by atoms with Crippen LogP contribution in [-0.2, 0) is 24.1 Å². The number of aliphatic hydroxyl groups excluding tert-OH is 2. The predicted molar refractivity (Wildman–Crippen MR) is 142 cm³/mol. The number of carbonyl (C=O) groups excluding carboxylic acids is 1. The van der Waals surface area contributed by atoms with Crippen molar-refractivity contribution >= 4 is 5.91 Å². The first-order chi connectivity index (χ1) is 17.4. The molecule has 0 spiro atoms. The Bertz CT molecular complexity index is 1130. The van der Waals surface area contributed by atoms with E-state index in [1.165, 1.54) is 0 Å². The molecule has 0 aliphatic heterocycles. The number of nitrogens with one attached hydrogen (secondary N) is 1. The van der Waals surface area contributed by atoms with Crippen molar-refractivity contribution in [3.63, 3.8) is 0 Å². The second kappa shape index (κ2) is 12.2. The normalized spacial score (nSPS) is 18.5. The SMILES string of the molecule is CC(C)COc1ccccc1C[C@@H](O)C[C@H](Cc1ccccc1)C(=O)N[C@H]1c2ccccc2C[C@H]1O. The monoisotopic (exact) mass is 487 g/mol. The Kier molecular flexibility index (Phi) is 8.79. The smallest absolute Gasteiger partial charge is 0.224 e. The van der Waals surface area contributed by atoms with Crippen molar-refractivity contribution in [2.75, 3.05) is 6.61 Å². The predicted octanol–water partition coefficient (Wildman–Crippen LogP) is 4.65. The van der Waals surface area contributed by atoms with Gasteiger partial charge in [0.05, 0.1) is 24.9 Å². The zero-order valence-electron chi connectivity index (χ0n) is 21.1. The number of para-hydroxylation sites is 1. The second-order valence-corrected chi connectivity index (χ2v) is 10.2. The zero-order valence-corrected chi connectivity index (χ0v) is 21.1. The number of hydrogen-bond donors (Lipinski definition) is 3. The number of hydrogen-bond acceptors (Lipinski definition) is 4. The number of rotatable bonds is 11. The maximum absolute atomic E-state index is 13.5. The first kappa shape index (κ1) is 25.9. The largest absolute Gasteiger partial charge is 0.493 e. The molecule has 36 heavy (non-hydrogen) atoms. The van der Waals surface area contributed by atoms with Crippen LogP contribution in [0.3, 0.4) is 0 Å². The summed E-state index contributed by atoms with van der Waals surface area (Å²) in [5.74, 6) is 0.590. The molecule has 4 rings (SSSR count). The molecule has 1 aliphatic carbocycles. The lowest BCUT2D eigenvalue weighted by atomic mass is 9.90. The Labute approximate surface area is 214 Å². The molecule has 0 saturated carbocycles. The van der Waals surface area contributed by atoms with E-state index in [9.17, 15) is 15.0 Å². The minimum Gasteiger partial charge on any atom is -0.493 e. The summed E-state index contributed by atoms with van der Waals surface area (Å²) >= 11 is 0. The lowest BCUT2D eigenvalue weighted by molar-refractivity contribution is -0.127. The molecule has 0 fully saturated rings. The Morgan fingerprint density at radius 1 is 0.972 bits per heavy atom.